The van der Waals surface area contributed by atoms with Crippen LogP contribution in [0.5, 0.6) is 5.75 Å². The summed E-state index contributed by atoms with van der Waals surface area (Å²) in [5, 5.41) is 0. The lowest BCUT2D eigenvalue weighted by atomic mass is 9.81. The molecule has 3 nitrogen and oxygen atoms in total. The topological polar surface area (TPSA) is 29.5 Å². The lowest BCUT2D eigenvalue weighted by molar-refractivity contribution is -0.133. The van der Waals surface area contributed by atoms with Crippen molar-refractivity contribution in [3.05, 3.63) is 63.6 Å². The van der Waals surface area contributed by atoms with Crippen LogP contribution in [0.4, 0.5) is 0 Å². The number of nitrogens with zero attached hydrogens (tertiary/aromatic N) is 1. The van der Waals surface area contributed by atoms with Gasteiger partial charge in [-0.2, -0.15) is 0 Å². The van der Waals surface area contributed by atoms with Crippen molar-refractivity contribution in [2.75, 3.05) is 19.0 Å². The first-order valence-corrected chi connectivity index (χ1v) is 10.4. The minimum Gasteiger partial charge on any atom is -0.494 e. The molecule has 0 N–H and O–H groups in total. The molecule has 1 amide bonds. The number of carbonyl (C=O) groups excluding carboxylic acids is 1. The molecule has 0 aliphatic carbocycles. The fraction of sp³-hybridized carbons (Fsp3) is 0.381. The first kappa shape index (κ1) is 17.9. The summed E-state index contributed by atoms with van der Waals surface area (Å²) in [7, 11) is 0. The highest BCUT2D eigenvalue weighted by Gasteiger charge is 2.42. The Balaban J connectivity index is 1.74. The number of fused-ring (bicyclic) bond motifs is 3. The van der Waals surface area contributed by atoms with E-state index in [0.717, 1.165) is 47.2 Å². The van der Waals surface area contributed by atoms with Crippen molar-refractivity contribution in [1.82, 2.24) is 4.90 Å². The number of halogens is 2. The molecule has 2 aromatic carbocycles. The van der Waals surface area contributed by atoms with Crippen LogP contribution in [0.1, 0.15) is 47.9 Å². The summed E-state index contributed by atoms with van der Waals surface area (Å²) in [4.78, 5) is 15.3. The van der Waals surface area contributed by atoms with Gasteiger partial charge in [-0.15, -0.1) is 11.6 Å². The van der Waals surface area contributed by atoms with E-state index in [-0.39, 0.29) is 17.9 Å². The third-order valence-electron chi connectivity index (χ3n) is 5.26. The molecule has 0 saturated carbocycles. The van der Waals surface area contributed by atoms with E-state index in [2.05, 4.69) is 33.0 Å². The third-order valence-corrected chi connectivity index (χ3v) is 6.06. The van der Waals surface area contributed by atoms with Crippen molar-refractivity contribution < 1.29 is 9.53 Å². The second-order valence-corrected chi connectivity index (χ2v) is 8.15. The van der Waals surface area contributed by atoms with Crippen LogP contribution in [0.2, 0.25) is 0 Å². The van der Waals surface area contributed by atoms with Crippen LogP contribution >= 0.6 is 27.5 Å². The molecule has 2 unspecified atom stereocenters. The molecule has 2 aliphatic rings. The van der Waals surface area contributed by atoms with E-state index < -0.39 is 0 Å². The zero-order chi connectivity index (χ0) is 18.1. The Kier molecular flexibility index (Phi) is 5.23. The second-order valence-electron chi connectivity index (χ2n) is 6.86. The maximum atomic E-state index is 13.2. The average molecular weight is 435 g/mol. The van der Waals surface area contributed by atoms with Crippen LogP contribution in [0.15, 0.2) is 46.9 Å². The number of amides is 1. The number of alkyl halides is 1. The standard InChI is InChI=1S/C21H21BrClNO2/c22-15-6-4-14(5-7-15)20-17-9-8-16(26-12-2-10-23)13-18(17)19-3-1-11-24(19)21(20)25/h4-9,13,19-20H,1-3,10-12H2. The predicted octanol–water partition coefficient (Wildman–Crippen LogP) is 5.27. The van der Waals surface area contributed by atoms with Gasteiger partial charge < -0.3 is 9.64 Å². The molecule has 4 rings (SSSR count). The first-order valence-electron chi connectivity index (χ1n) is 9.07. The smallest absolute Gasteiger partial charge is 0.235 e. The van der Waals surface area contributed by atoms with Gasteiger partial charge in [0.15, 0.2) is 0 Å². The molecule has 1 saturated heterocycles. The second kappa shape index (κ2) is 7.61. The van der Waals surface area contributed by atoms with Gasteiger partial charge in [-0.1, -0.05) is 34.1 Å². The molecular weight excluding hydrogens is 414 g/mol. The van der Waals surface area contributed by atoms with Gasteiger partial charge >= 0.3 is 0 Å². The highest BCUT2D eigenvalue weighted by Crippen LogP contribution is 2.46. The zero-order valence-corrected chi connectivity index (χ0v) is 16.8. The molecule has 26 heavy (non-hydrogen) atoms. The first-order chi connectivity index (χ1) is 12.7. The third kappa shape index (κ3) is 3.25. The summed E-state index contributed by atoms with van der Waals surface area (Å²) in [6.45, 7) is 1.46. The van der Waals surface area contributed by atoms with Crippen molar-refractivity contribution in [1.29, 1.82) is 0 Å². The van der Waals surface area contributed by atoms with Crippen molar-refractivity contribution in [2.45, 2.75) is 31.2 Å². The Labute approximate surface area is 167 Å². The van der Waals surface area contributed by atoms with Crippen LogP contribution in [-0.2, 0) is 4.79 Å². The fourth-order valence-electron chi connectivity index (χ4n) is 4.07. The summed E-state index contributed by atoms with van der Waals surface area (Å²) in [5.41, 5.74) is 3.39. The van der Waals surface area contributed by atoms with Gasteiger partial charge in [-0.3, -0.25) is 4.79 Å². The molecule has 0 radical (unpaired) electrons. The van der Waals surface area contributed by atoms with Crippen LogP contribution in [0, 0.1) is 0 Å². The quantitative estimate of drug-likeness (QED) is 0.474. The zero-order valence-electron chi connectivity index (χ0n) is 14.5. The van der Waals surface area contributed by atoms with Gasteiger partial charge in [-0.05, 0) is 60.2 Å². The number of ether oxygens (including phenoxy) is 1. The average Bonchev–Trinajstić information content (AvgIpc) is 3.14. The lowest BCUT2D eigenvalue weighted by Crippen LogP contribution is -2.40. The number of hydrogen-bond donors (Lipinski definition) is 0. The van der Waals surface area contributed by atoms with Gasteiger partial charge in [0, 0.05) is 16.9 Å². The maximum Gasteiger partial charge on any atom is 0.235 e. The Morgan fingerprint density at radius 3 is 2.73 bits per heavy atom. The Hall–Kier alpha value is -1.52. The SMILES string of the molecule is O=C1C(c2ccc(Br)cc2)c2ccc(OCCCCl)cc2C2CCCN12. The molecule has 136 valence electrons. The van der Waals surface area contributed by atoms with Gasteiger partial charge in [0.1, 0.15) is 5.75 Å². The molecular formula is C21H21BrClNO2. The van der Waals surface area contributed by atoms with Crippen molar-refractivity contribution in [3.63, 3.8) is 0 Å². The summed E-state index contributed by atoms with van der Waals surface area (Å²) >= 11 is 9.22. The van der Waals surface area contributed by atoms with E-state index in [4.69, 9.17) is 16.3 Å². The summed E-state index contributed by atoms with van der Waals surface area (Å²) in [6.07, 6.45) is 2.91. The molecule has 2 aromatic rings. The largest absolute Gasteiger partial charge is 0.494 e. The normalized spacial score (nSPS) is 21.5. The van der Waals surface area contributed by atoms with E-state index in [9.17, 15) is 4.79 Å². The molecule has 1 fully saturated rings. The summed E-state index contributed by atoms with van der Waals surface area (Å²) < 4.78 is 6.87. The monoisotopic (exact) mass is 433 g/mol. The Morgan fingerprint density at radius 1 is 1.15 bits per heavy atom. The van der Waals surface area contributed by atoms with Gasteiger partial charge in [0.25, 0.3) is 0 Å². The van der Waals surface area contributed by atoms with Gasteiger partial charge in [0.2, 0.25) is 5.91 Å². The highest BCUT2D eigenvalue weighted by atomic mass is 79.9. The van der Waals surface area contributed by atoms with Crippen molar-refractivity contribution in [2.24, 2.45) is 0 Å². The minimum atomic E-state index is -0.232. The molecule has 0 bridgehead atoms. The van der Waals surface area contributed by atoms with Crippen molar-refractivity contribution in [3.8, 4) is 5.75 Å². The van der Waals surface area contributed by atoms with Gasteiger partial charge in [-0.25, -0.2) is 0 Å². The van der Waals surface area contributed by atoms with Crippen LogP contribution in [0.3, 0.4) is 0 Å². The highest BCUT2D eigenvalue weighted by molar-refractivity contribution is 9.10. The van der Waals surface area contributed by atoms with Crippen LogP contribution < -0.4 is 4.74 Å². The molecule has 2 aliphatic heterocycles. The predicted molar refractivity (Wildman–Crippen MR) is 107 cm³/mol. The van der Waals surface area contributed by atoms with Gasteiger partial charge in [0.05, 0.1) is 18.6 Å². The van der Waals surface area contributed by atoms with Crippen LogP contribution in [-0.4, -0.2) is 29.8 Å². The lowest BCUT2D eigenvalue weighted by Gasteiger charge is -2.37. The molecule has 0 aromatic heterocycles. The molecule has 5 heteroatoms. The molecule has 0 spiro atoms. The Morgan fingerprint density at radius 2 is 1.96 bits per heavy atom. The van der Waals surface area contributed by atoms with E-state index in [0.29, 0.717) is 12.5 Å². The van der Waals surface area contributed by atoms with E-state index >= 15 is 0 Å². The number of hydrogen-bond acceptors (Lipinski definition) is 2. The maximum absolute atomic E-state index is 13.2. The number of benzene rings is 2. The van der Waals surface area contributed by atoms with Crippen LogP contribution in [0.25, 0.3) is 0 Å². The van der Waals surface area contributed by atoms with E-state index in [1.54, 1.807) is 0 Å². The van der Waals surface area contributed by atoms with E-state index in [1.807, 2.05) is 30.3 Å². The summed E-state index contributed by atoms with van der Waals surface area (Å²) in [6, 6.07) is 14.5. The molecule has 2 atom stereocenters. The minimum absolute atomic E-state index is 0.181. The van der Waals surface area contributed by atoms with E-state index in [1.165, 1.54) is 5.56 Å². The number of carbonyl (C=O) groups is 1. The molecule has 2 heterocycles. The summed E-state index contributed by atoms with van der Waals surface area (Å²) in [5.74, 6) is 1.45. The number of rotatable bonds is 5. The van der Waals surface area contributed by atoms with Crippen molar-refractivity contribution >= 4 is 33.4 Å². The Bertz CT molecular complexity index is 808. The fourth-order valence-corrected chi connectivity index (χ4v) is 4.44.